The normalized spacial score (nSPS) is 13.4. The maximum Gasteiger partial charge on any atom is 0.407 e. The highest BCUT2D eigenvalue weighted by molar-refractivity contribution is 5.71. The van der Waals surface area contributed by atoms with E-state index in [2.05, 4.69) is 11.2 Å². The van der Waals surface area contributed by atoms with Crippen molar-refractivity contribution >= 4 is 12.1 Å². The maximum absolute atomic E-state index is 12.0. The minimum atomic E-state index is -0.899. The van der Waals surface area contributed by atoms with Crippen molar-refractivity contribution in [2.45, 2.75) is 46.3 Å². The summed E-state index contributed by atoms with van der Waals surface area (Å²) in [5, 5.41) is 12.1. The number of ether oxygens (including phenoxy) is 1. The Balaban J connectivity index is 2.63. The van der Waals surface area contributed by atoms with E-state index in [1.807, 2.05) is 51.1 Å². The van der Waals surface area contributed by atoms with Gasteiger partial charge in [0.2, 0.25) is 0 Å². The Morgan fingerprint density at radius 2 is 1.92 bits per heavy atom. The Kier molecular flexibility index (Phi) is 7.31. The summed E-state index contributed by atoms with van der Waals surface area (Å²) < 4.78 is 5.17. The average Bonchev–Trinajstić information content (AvgIpc) is 2.50. The van der Waals surface area contributed by atoms with Crippen molar-refractivity contribution in [1.29, 1.82) is 0 Å². The van der Waals surface area contributed by atoms with Crippen molar-refractivity contribution in [1.82, 2.24) is 5.32 Å². The highest BCUT2D eigenvalue weighted by atomic mass is 16.5. The maximum atomic E-state index is 12.0. The highest BCUT2D eigenvalue weighted by Crippen LogP contribution is 2.30. The van der Waals surface area contributed by atoms with Crippen molar-refractivity contribution in [3.63, 3.8) is 0 Å². The number of benzene rings is 1. The first-order chi connectivity index (χ1) is 11.2. The van der Waals surface area contributed by atoms with E-state index in [0.29, 0.717) is 0 Å². The topological polar surface area (TPSA) is 75.6 Å². The van der Waals surface area contributed by atoms with Crippen LogP contribution in [-0.2, 0) is 16.1 Å². The summed E-state index contributed by atoms with van der Waals surface area (Å²) in [5.74, 6) is 0.960. The predicted octanol–water partition coefficient (Wildman–Crippen LogP) is 3.44. The molecule has 24 heavy (non-hydrogen) atoms. The van der Waals surface area contributed by atoms with Crippen LogP contribution < -0.4 is 5.32 Å². The van der Waals surface area contributed by atoms with Gasteiger partial charge in [0.25, 0.3) is 0 Å². The number of carbonyl (C=O) groups excluding carboxylic acids is 1. The van der Waals surface area contributed by atoms with Crippen LogP contribution in [0.2, 0.25) is 0 Å². The lowest BCUT2D eigenvalue weighted by Crippen LogP contribution is -2.40. The van der Waals surface area contributed by atoms with Crippen molar-refractivity contribution in [3.8, 4) is 12.3 Å². The van der Waals surface area contributed by atoms with Crippen molar-refractivity contribution in [2.24, 2.45) is 11.3 Å². The summed E-state index contributed by atoms with van der Waals surface area (Å²) in [7, 11) is 0. The summed E-state index contributed by atoms with van der Waals surface area (Å²) in [6.45, 7) is 5.71. The van der Waals surface area contributed by atoms with E-state index >= 15 is 0 Å². The first kappa shape index (κ1) is 19.6. The van der Waals surface area contributed by atoms with E-state index in [4.69, 9.17) is 11.2 Å². The number of carbonyl (C=O) groups is 2. The first-order valence-electron chi connectivity index (χ1n) is 7.87. The third-order valence-electron chi connectivity index (χ3n) is 3.76. The summed E-state index contributed by atoms with van der Waals surface area (Å²) >= 11 is 0. The molecule has 0 saturated carbocycles. The Morgan fingerprint density at radius 3 is 2.42 bits per heavy atom. The summed E-state index contributed by atoms with van der Waals surface area (Å²) in [6.07, 6.45) is 5.25. The van der Waals surface area contributed by atoms with Gasteiger partial charge < -0.3 is 15.2 Å². The molecule has 2 atom stereocenters. The van der Waals surface area contributed by atoms with Crippen molar-refractivity contribution < 1.29 is 19.4 Å². The number of hydrogen-bond donors (Lipinski definition) is 2. The zero-order valence-corrected chi connectivity index (χ0v) is 14.4. The molecule has 130 valence electrons. The Labute approximate surface area is 143 Å². The minimum Gasteiger partial charge on any atom is -0.481 e. The third-order valence-corrected chi connectivity index (χ3v) is 3.76. The number of hydrogen-bond acceptors (Lipinski definition) is 3. The van der Waals surface area contributed by atoms with E-state index in [1.165, 1.54) is 0 Å². The second kappa shape index (κ2) is 8.97. The fourth-order valence-corrected chi connectivity index (χ4v) is 2.38. The Bertz CT molecular complexity index is 584. The molecular formula is C19H25NO4. The monoisotopic (exact) mass is 331 g/mol. The number of carboxylic acid groups (broad SMARTS) is 1. The fourth-order valence-electron chi connectivity index (χ4n) is 2.38. The minimum absolute atomic E-state index is 0.150. The molecular weight excluding hydrogens is 306 g/mol. The molecule has 0 heterocycles. The van der Waals surface area contributed by atoms with Crippen LogP contribution in [0.5, 0.6) is 0 Å². The smallest absolute Gasteiger partial charge is 0.407 e. The lowest BCUT2D eigenvalue weighted by Gasteiger charge is -2.30. The number of amides is 1. The Hall–Kier alpha value is -2.48. The molecule has 2 N–H and O–H groups in total. The lowest BCUT2D eigenvalue weighted by molar-refractivity contribution is -0.146. The van der Waals surface area contributed by atoms with Crippen LogP contribution in [-0.4, -0.2) is 23.2 Å². The number of aliphatic carboxylic acids is 1. The molecule has 5 nitrogen and oxygen atoms in total. The van der Waals surface area contributed by atoms with Crippen LogP contribution >= 0.6 is 0 Å². The SMILES string of the molecule is C#CC[C@H](CC(C(=O)O)C(C)(C)C)NC(=O)OCc1ccccc1. The molecule has 0 aliphatic heterocycles. The summed E-state index contributed by atoms with van der Waals surface area (Å²) in [5.41, 5.74) is 0.438. The molecule has 0 radical (unpaired) electrons. The van der Waals surface area contributed by atoms with Crippen LogP contribution in [0.25, 0.3) is 0 Å². The first-order valence-corrected chi connectivity index (χ1v) is 7.87. The van der Waals surface area contributed by atoms with Gasteiger partial charge in [-0.1, -0.05) is 51.1 Å². The van der Waals surface area contributed by atoms with Gasteiger partial charge in [0.1, 0.15) is 6.61 Å². The van der Waals surface area contributed by atoms with Gasteiger partial charge in [0.15, 0.2) is 0 Å². The molecule has 1 amide bonds. The molecule has 0 spiro atoms. The molecule has 0 aromatic heterocycles. The number of terminal acetylenes is 1. The molecule has 1 aromatic rings. The fraction of sp³-hybridized carbons (Fsp3) is 0.474. The molecule has 0 fully saturated rings. The molecule has 1 aromatic carbocycles. The second-order valence-corrected chi connectivity index (χ2v) is 6.80. The van der Waals surface area contributed by atoms with Gasteiger partial charge in [-0.25, -0.2) is 4.79 Å². The van der Waals surface area contributed by atoms with Crippen LogP contribution in [0, 0.1) is 23.7 Å². The van der Waals surface area contributed by atoms with Gasteiger partial charge in [-0.3, -0.25) is 4.79 Å². The van der Waals surface area contributed by atoms with Crippen LogP contribution in [0.3, 0.4) is 0 Å². The molecule has 5 heteroatoms. The zero-order valence-electron chi connectivity index (χ0n) is 14.4. The van der Waals surface area contributed by atoms with Crippen LogP contribution in [0.15, 0.2) is 30.3 Å². The zero-order chi connectivity index (χ0) is 18.2. The quantitative estimate of drug-likeness (QED) is 0.751. The molecule has 0 bridgehead atoms. The van der Waals surface area contributed by atoms with Crippen LogP contribution in [0.1, 0.15) is 39.2 Å². The van der Waals surface area contributed by atoms with Gasteiger partial charge in [-0.2, -0.15) is 0 Å². The standard InChI is InChI=1S/C19H25NO4/c1-5-9-15(12-16(17(21)22)19(2,3)4)20-18(23)24-13-14-10-7-6-8-11-14/h1,6-8,10-11,15-16H,9,12-13H2,2-4H3,(H,20,23)(H,21,22)/t15-,16?/m1/s1. The predicted molar refractivity (Wildman–Crippen MR) is 92.2 cm³/mol. The van der Waals surface area contributed by atoms with Gasteiger partial charge >= 0.3 is 12.1 Å². The van der Waals surface area contributed by atoms with E-state index in [-0.39, 0.29) is 19.4 Å². The highest BCUT2D eigenvalue weighted by Gasteiger charge is 2.33. The van der Waals surface area contributed by atoms with E-state index < -0.39 is 29.4 Å². The number of carboxylic acids is 1. The number of nitrogens with one attached hydrogen (secondary N) is 1. The van der Waals surface area contributed by atoms with Gasteiger partial charge in [-0.05, 0) is 17.4 Å². The van der Waals surface area contributed by atoms with Crippen molar-refractivity contribution in [3.05, 3.63) is 35.9 Å². The van der Waals surface area contributed by atoms with E-state index in [9.17, 15) is 14.7 Å². The van der Waals surface area contributed by atoms with Crippen molar-refractivity contribution in [2.75, 3.05) is 0 Å². The lowest BCUT2D eigenvalue weighted by atomic mass is 9.77. The summed E-state index contributed by atoms with van der Waals surface area (Å²) in [6, 6.07) is 8.86. The number of alkyl carbamates (subject to hydrolysis) is 1. The molecule has 1 rings (SSSR count). The summed E-state index contributed by atoms with van der Waals surface area (Å²) in [4.78, 5) is 23.4. The second-order valence-electron chi connectivity index (χ2n) is 6.80. The molecule has 0 saturated heterocycles. The largest absolute Gasteiger partial charge is 0.481 e. The number of rotatable bonds is 7. The van der Waals surface area contributed by atoms with E-state index in [1.54, 1.807) is 0 Å². The Morgan fingerprint density at radius 1 is 1.29 bits per heavy atom. The molecule has 0 aliphatic rings. The van der Waals surface area contributed by atoms with Gasteiger partial charge in [-0.15, -0.1) is 12.3 Å². The molecule has 0 aliphatic carbocycles. The third kappa shape index (κ3) is 6.74. The average molecular weight is 331 g/mol. The van der Waals surface area contributed by atoms with Gasteiger partial charge in [0, 0.05) is 12.5 Å². The molecule has 1 unspecified atom stereocenters. The van der Waals surface area contributed by atoms with Crippen LogP contribution in [0.4, 0.5) is 4.79 Å². The van der Waals surface area contributed by atoms with Gasteiger partial charge in [0.05, 0.1) is 5.92 Å². The van der Waals surface area contributed by atoms with E-state index in [0.717, 1.165) is 5.56 Å².